The summed E-state index contributed by atoms with van der Waals surface area (Å²) in [5, 5.41) is 0. The topological polar surface area (TPSA) is 55.4 Å². The average molecular weight is 262 g/mol. The van der Waals surface area contributed by atoms with Crippen LogP contribution in [0.3, 0.4) is 0 Å². The molecular formula is C12H22O6. The number of hydrogen-bond acceptors (Lipinski definition) is 6. The van der Waals surface area contributed by atoms with E-state index in [0.29, 0.717) is 13.2 Å². The number of hydrogen-bond donors (Lipinski definition) is 0. The van der Waals surface area contributed by atoms with E-state index in [1.165, 1.54) is 0 Å². The van der Waals surface area contributed by atoms with Gasteiger partial charge in [0.25, 0.3) is 0 Å². The first-order valence-electron chi connectivity index (χ1n) is 6.29. The highest BCUT2D eigenvalue weighted by atomic mass is 16.8. The quantitative estimate of drug-likeness (QED) is 0.721. The summed E-state index contributed by atoms with van der Waals surface area (Å²) >= 11 is 0. The summed E-state index contributed by atoms with van der Waals surface area (Å²) in [7, 11) is 1.65. The standard InChI is InChI=1S/C12H22O6/c1-8(2)14-5-10-12-11(17-7-16-10)9(4-13-3)15-6-18-12/h8-12H,4-7H2,1-3H3. The zero-order valence-electron chi connectivity index (χ0n) is 11.2. The van der Waals surface area contributed by atoms with Crippen LogP contribution in [0.2, 0.25) is 0 Å². The monoisotopic (exact) mass is 262 g/mol. The van der Waals surface area contributed by atoms with Crippen LogP contribution in [0.4, 0.5) is 0 Å². The number of ether oxygens (including phenoxy) is 6. The van der Waals surface area contributed by atoms with Crippen LogP contribution in [0.5, 0.6) is 0 Å². The molecule has 0 bridgehead atoms. The van der Waals surface area contributed by atoms with Crippen molar-refractivity contribution in [3.8, 4) is 0 Å². The fraction of sp³-hybridized carbons (Fsp3) is 1.00. The highest BCUT2D eigenvalue weighted by molar-refractivity contribution is 4.89. The molecule has 2 fully saturated rings. The Bertz CT molecular complexity index is 245. The maximum atomic E-state index is 5.60. The molecule has 2 rings (SSSR count). The molecule has 106 valence electrons. The molecule has 2 heterocycles. The van der Waals surface area contributed by atoms with E-state index >= 15 is 0 Å². The third-order valence-electron chi connectivity index (χ3n) is 3.07. The molecule has 4 atom stereocenters. The fourth-order valence-corrected chi connectivity index (χ4v) is 2.17. The lowest BCUT2D eigenvalue weighted by Crippen LogP contribution is -2.59. The molecule has 0 aromatic heterocycles. The van der Waals surface area contributed by atoms with Gasteiger partial charge in [-0.3, -0.25) is 0 Å². The van der Waals surface area contributed by atoms with Crippen LogP contribution in [0.1, 0.15) is 13.8 Å². The van der Waals surface area contributed by atoms with Crippen LogP contribution < -0.4 is 0 Å². The van der Waals surface area contributed by atoms with Crippen molar-refractivity contribution >= 4 is 0 Å². The van der Waals surface area contributed by atoms with E-state index in [-0.39, 0.29) is 44.1 Å². The maximum Gasteiger partial charge on any atom is 0.147 e. The maximum absolute atomic E-state index is 5.60. The first kappa shape index (κ1) is 14.2. The fourth-order valence-electron chi connectivity index (χ4n) is 2.17. The Hall–Kier alpha value is -0.240. The lowest BCUT2D eigenvalue weighted by atomic mass is 10.0. The number of rotatable bonds is 5. The molecule has 0 N–H and O–H groups in total. The van der Waals surface area contributed by atoms with Gasteiger partial charge in [0.2, 0.25) is 0 Å². The van der Waals surface area contributed by atoms with Gasteiger partial charge in [0.15, 0.2) is 0 Å². The van der Waals surface area contributed by atoms with Crippen molar-refractivity contribution in [2.24, 2.45) is 0 Å². The van der Waals surface area contributed by atoms with Gasteiger partial charge >= 0.3 is 0 Å². The van der Waals surface area contributed by atoms with E-state index in [1.54, 1.807) is 7.11 Å². The summed E-state index contributed by atoms with van der Waals surface area (Å²) in [4.78, 5) is 0. The second kappa shape index (κ2) is 6.79. The number of methoxy groups -OCH3 is 1. The summed E-state index contributed by atoms with van der Waals surface area (Å²) in [6.07, 6.45) is -0.377. The van der Waals surface area contributed by atoms with Crippen LogP contribution in [0, 0.1) is 0 Å². The van der Waals surface area contributed by atoms with Gasteiger partial charge in [-0.2, -0.15) is 0 Å². The van der Waals surface area contributed by atoms with Gasteiger partial charge in [0, 0.05) is 7.11 Å². The third-order valence-corrected chi connectivity index (χ3v) is 3.07. The summed E-state index contributed by atoms with van der Waals surface area (Å²) in [6.45, 7) is 5.45. The van der Waals surface area contributed by atoms with E-state index in [9.17, 15) is 0 Å². The molecule has 6 nitrogen and oxygen atoms in total. The Labute approximate surface area is 107 Å². The number of fused-ring (bicyclic) bond motifs is 1. The SMILES string of the molecule is COCC1OCOC2C(COC(C)C)OCOC12. The lowest BCUT2D eigenvalue weighted by molar-refractivity contribution is -0.331. The normalized spacial score (nSPS) is 36.7. The van der Waals surface area contributed by atoms with E-state index in [0.717, 1.165) is 0 Å². The van der Waals surface area contributed by atoms with Gasteiger partial charge in [0.05, 0.1) is 19.3 Å². The minimum absolute atomic E-state index is 0.112. The minimum Gasteiger partial charge on any atom is -0.382 e. The van der Waals surface area contributed by atoms with Gasteiger partial charge in [-0.05, 0) is 13.8 Å². The largest absolute Gasteiger partial charge is 0.382 e. The van der Waals surface area contributed by atoms with Crippen molar-refractivity contribution in [3.63, 3.8) is 0 Å². The second-order valence-electron chi connectivity index (χ2n) is 4.75. The molecule has 0 spiro atoms. The predicted octanol–water partition coefficient (Wildman–Crippen LogP) is 0.541. The summed E-state index contributed by atoms with van der Waals surface area (Å²) < 4.78 is 32.9. The Kier molecular flexibility index (Phi) is 5.35. The van der Waals surface area contributed by atoms with Crippen LogP contribution in [-0.2, 0) is 28.4 Å². The van der Waals surface area contributed by atoms with Gasteiger partial charge in [0.1, 0.15) is 38.0 Å². The summed E-state index contributed by atoms with van der Waals surface area (Å²) in [5.74, 6) is 0. The summed E-state index contributed by atoms with van der Waals surface area (Å²) in [6, 6.07) is 0. The minimum atomic E-state index is -0.161. The zero-order chi connectivity index (χ0) is 13.0. The summed E-state index contributed by atoms with van der Waals surface area (Å²) in [5.41, 5.74) is 0. The average Bonchev–Trinajstić information content (AvgIpc) is 2.37. The Morgan fingerprint density at radius 3 is 2.00 bits per heavy atom. The van der Waals surface area contributed by atoms with E-state index < -0.39 is 0 Å². The van der Waals surface area contributed by atoms with Gasteiger partial charge in [-0.15, -0.1) is 0 Å². The smallest absolute Gasteiger partial charge is 0.147 e. The van der Waals surface area contributed by atoms with Gasteiger partial charge in [-0.25, -0.2) is 0 Å². The molecule has 2 aliphatic heterocycles. The molecule has 6 heteroatoms. The van der Waals surface area contributed by atoms with Crippen LogP contribution >= 0.6 is 0 Å². The van der Waals surface area contributed by atoms with Crippen molar-refractivity contribution in [1.82, 2.24) is 0 Å². The Morgan fingerprint density at radius 2 is 1.50 bits per heavy atom. The van der Waals surface area contributed by atoms with Gasteiger partial charge < -0.3 is 28.4 Å². The van der Waals surface area contributed by atoms with E-state index in [1.807, 2.05) is 13.8 Å². The first-order valence-corrected chi connectivity index (χ1v) is 6.29. The highest BCUT2D eigenvalue weighted by Crippen LogP contribution is 2.26. The van der Waals surface area contributed by atoms with E-state index in [4.69, 9.17) is 28.4 Å². The van der Waals surface area contributed by atoms with Crippen LogP contribution in [0.25, 0.3) is 0 Å². The van der Waals surface area contributed by atoms with Crippen molar-refractivity contribution < 1.29 is 28.4 Å². The predicted molar refractivity (Wildman–Crippen MR) is 62.2 cm³/mol. The molecule has 4 unspecified atom stereocenters. The van der Waals surface area contributed by atoms with E-state index in [2.05, 4.69) is 0 Å². The molecule has 0 amide bonds. The second-order valence-corrected chi connectivity index (χ2v) is 4.75. The van der Waals surface area contributed by atoms with Crippen molar-refractivity contribution in [1.29, 1.82) is 0 Å². The zero-order valence-corrected chi connectivity index (χ0v) is 11.2. The molecule has 0 aliphatic carbocycles. The Balaban J connectivity index is 1.93. The van der Waals surface area contributed by atoms with Crippen molar-refractivity contribution in [2.75, 3.05) is 33.9 Å². The van der Waals surface area contributed by atoms with Gasteiger partial charge in [-0.1, -0.05) is 0 Å². The third kappa shape index (κ3) is 3.40. The molecular weight excluding hydrogens is 240 g/mol. The lowest BCUT2D eigenvalue weighted by Gasteiger charge is -2.43. The molecule has 2 aliphatic rings. The molecule has 2 saturated heterocycles. The van der Waals surface area contributed by atoms with Crippen molar-refractivity contribution in [3.05, 3.63) is 0 Å². The Morgan fingerprint density at radius 1 is 0.944 bits per heavy atom. The highest BCUT2D eigenvalue weighted by Gasteiger charge is 2.44. The molecule has 18 heavy (non-hydrogen) atoms. The van der Waals surface area contributed by atoms with Crippen LogP contribution in [-0.4, -0.2) is 64.4 Å². The molecule has 0 saturated carbocycles. The molecule has 0 aromatic carbocycles. The first-order chi connectivity index (χ1) is 8.72. The molecule has 0 radical (unpaired) electrons. The van der Waals surface area contributed by atoms with Crippen LogP contribution in [0.15, 0.2) is 0 Å². The van der Waals surface area contributed by atoms with Crippen molar-refractivity contribution in [2.45, 2.75) is 44.4 Å². The molecule has 0 aromatic rings.